The summed E-state index contributed by atoms with van der Waals surface area (Å²) in [6.45, 7) is 4.17. The van der Waals surface area contributed by atoms with E-state index in [0.717, 1.165) is 13.2 Å². The number of esters is 1. The molecule has 1 fully saturated rings. The van der Waals surface area contributed by atoms with Gasteiger partial charge in [-0.15, -0.1) is 13.2 Å². The highest BCUT2D eigenvalue weighted by Crippen LogP contribution is 2.38. The van der Waals surface area contributed by atoms with Crippen LogP contribution in [0.3, 0.4) is 0 Å². The molecule has 0 bridgehead atoms. The Balaban J connectivity index is 1.60. The molecule has 0 saturated carbocycles. The molecule has 0 spiro atoms. The number of amides is 2. The molecule has 1 aromatic heterocycles. The van der Waals surface area contributed by atoms with E-state index in [1.165, 1.54) is 19.2 Å². The first kappa shape index (κ1) is 32.7. The lowest BCUT2D eigenvalue weighted by molar-refractivity contribution is -0.274. The van der Waals surface area contributed by atoms with E-state index in [1.54, 1.807) is 47.1 Å². The highest BCUT2D eigenvalue weighted by atomic mass is 32.2. The number of benzene rings is 2. The normalized spacial score (nSPS) is 17.3. The van der Waals surface area contributed by atoms with E-state index in [9.17, 15) is 27.6 Å². The number of carbonyl (C=O) groups excluding carboxylic acids is 3. The van der Waals surface area contributed by atoms with Crippen LogP contribution in [0.1, 0.15) is 42.5 Å². The Morgan fingerprint density at radius 3 is 2.34 bits per heavy atom. The molecule has 44 heavy (non-hydrogen) atoms. The zero-order valence-corrected chi connectivity index (χ0v) is 25.5. The van der Waals surface area contributed by atoms with Crippen LogP contribution >= 0.6 is 11.8 Å². The molecule has 2 aromatic carbocycles. The van der Waals surface area contributed by atoms with Crippen molar-refractivity contribution >= 4 is 29.7 Å². The van der Waals surface area contributed by atoms with Crippen molar-refractivity contribution in [3.05, 3.63) is 60.0 Å². The van der Waals surface area contributed by atoms with Crippen molar-refractivity contribution in [2.45, 2.75) is 44.0 Å². The van der Waals surface area contributed by atoms with E-state index in [1.807, 2.05) is 20.1 Å². The number of ether oxygens (including phenoxy) is 3. The first-order valence-corrected chi connectivity index (χ1v) is 15.0. The second kappa shape index (κ2) is 13.6. The van der Waals surface area contributed by atoms with Crippen LogP contribution in [-0.2, 0) is 14.3 Å². The number of nitrogens with zero attached hydrogens (tertiary/aromatic N) is 2. The molecule has 3 aromatic rings. The van der Waals surface area contributed by atoms with E-state index in [0.29, 0.717) is 35.6 Å². The summed E-state index contributed by atoms with van der Waals surface area (Å²) in [5, 5.41) is 2.81. The Labute approximate surface area is 256 Å². The fraction of sp³-hybridized carbons (Fsp3) is 0.400. The number of methoxy groups -OCH3 is 2. The smallest absolute Gasteiger partial charge is 0.465 e. The largest absolute Gasteiger partial charge is 0.573 e. The molecule has 1 saturated heterocycles. The number of nitrogens with one attached hydrogen (secondary N) is 2. The Bertz CT molecular complexity index is 1490. The molecular weight excluding hydrogens is 601 g/mol. The number of likely N-dealkylation sites (tertiary alicyclic amines) is 1. The van der Waals surface area contributed by atoms with Crippen LogP contribution in [-0.4, -0.2) is 77.5 Å². The van der Waals surface area contributed by atoms with Gasteiger partial charge in [0.2, 0.25) is 5.91 Å². The average Bonchev–Trinajstić information content (AvgIpc) is 3.66. The SMILES string of the molecule is COC(=O)N[C@H](C(=O)N1C[C@@H](SC)C[C@H]1c1ncc(-c2ccc(-c3ccc(C(=O)OC)cc3OC(F)(F)F)cc2)[nH]1)C(C)C. The van der Waals surface area contributed by atoms with E-state index in [-0.39, 0.29) is 34.2 Å². The van der Waals surface area contributed by atoms with Gasteiger partial charge in [0.15, 0.2) is 0 Å². The third kappa shape index (κ3) is 7.47. The van der Waals surface area contributed by atoms with Crippen LogP contribution in [0.5, 0.6) is 5.75 Å². The fourth-order valence-electron chi connectivity index (χ4n) is 5.05. The van der Waals surface area contributed by atoms with Gasteiger partial charge in [-0.25, -0.2) is 14.6 Å². The maximum absolute atomic E-state index is 13.6. The van der Waals surface area contributed by atoms with Gasteiger partial charge in [0.1, 0.15) is 17.6 Å². The lowest BCUT2D eigenvalue weighted by Gasteiger charge is -2.30. The fourth-order valence-corrected chi connectivity index (χ4v) is 5.73. The van der Waals surface area contributed by atoms with Crippen molar-refractivity contribution in [2.24, 2.45) is 5.92 Å². The van der Waals surface area contributed by atoms with Gasteiger partial charge in [-0.2, -0.15) is 11.8 Å². The molecule has 1 aliphatic heterocycles. The summed E-state index contributed by atoms with van der Waals surface area (Å²) in [6.07, 6.45) is -1.38. The van der Waals surface area contributed by atoms with Gasteiger partial charge in [-0.1, -0.05) is 38.1 Å². The number of alkyl halides is 3. The molecule has 2 amide bonds. The molecule has 3 atom stereocenters. The van der Waals surface area contributed by atoms with Gasteiger partial charge in [-0.3, -0.25) is 4.79 Å². The predicted octanol–water partition coefficient (Wildman–Crippen LogP) is 5.81. The predicted molar refractivity (Wildman–Crippen MR) is 158 cm³/mol. The number of halogens is 3. The number of hydrogen-bond acceptors (Lipinski definition) is 8. The van der Waals surface area contributed by atoms with Crippen molar-refractivity contribution in [1.82, 2.24) is 20.2 Å². The second-order valence-corrected chi connectivity index (χ2v) is 11.6. The monoisotopic (exact) mass is 634 g/mol. The number of carbonyl (C=O) groups is 3. The Morgan fingerprint density at radius 2 is 1.75 bits per heavy atom. The molecule has 0 unspecified atom stereocenters. The van der Waals surface area contributed by atoms with E-state index >= 15 is 0 Å². The zero-order valence-electron chi connectivity index (χ0n) is 24.7. The Kier molecular flexibility index (Phi) is 10.1. The third-order valence-corrected chi connectivity index (χ3v) is 8.33. The van der Waals surface area contributed by atoms with Gasteiger partial charge in [-0.05, 0) is 47.9 Å². The number of thioether (sulfide) groups is 1. The lowest BCUT2D eigenvalue weighted by atomic mass is 10.0. The zero-order chi connectivity index (χ0) is 32.2. The summed E-state index contributed by atoms with van der Waals surface area (Å²) in [4.78, 5) is 47.0. The van der Waals surface area contributed by atoms with Crippen LogP contribution in [0.4, 0.5) is 18.0 Å². The standard InChI is InChI=1S/C30H33F3N4O6S/c1-16(2)25(36-29(40)42-4)27(38)37-15-20(44-5)13-23(37)26-34-14-22(35-26)18-8-6-17(7-9-18)21-11-10-19(28(39)41-3)12-24(21)43-30(31,32)33/h6-12,14,16,20,23,25H,13,15H2,1-5H3,(H,34,35)(H,36,40)/t20-,23-,25-/m0/s1. The molecule has 4 rings (SSSR count). The van der Waals surface area contributed by atoms with Crippen molar-refractivity contribution < 1.29 is 41.8 Å². The minimum atomic E-state index is -4.97. The minimum Gasteiger partial charge on any atom is -0.465 e. The summed E-state index contributed by atoms with van der Waals surface area (Å²) in [6, 6.07) is 9.28. The van der Waals surface area contributed by atoms with Crippen molar-refractivity contribution in [3.63, 3.8) is 0 Å². The van der Waals surface area contributed by atoms with Crippen molar-refractivity contribution in [3.8, 4) is 28.1 Å². The molecule has 14 heteroatoms. The molecule has 2 heterocycles. The summed E-state index contributed by atoms with van der Waals surface area (Å²) in [5.74, 6) is -1.16. The molecule has 0 radical (unpaired) electrons. The number of hydrogen-bond donors (Lipinski definition) is 2. The maximum atomic E-state index is 13.6. The number of aromatic nitrogens is 2. The first-order chi connectivity index (χ1) is 20.8. The lowest BCUT2D eigenvalue weighted by Crippen LogP contribution is -2.51. The highest BCUT2D eigenvalue weighted by molar-refractivity contribution is 7.99. The summed E-state index contributed by atoms with van der Waals surface area (Å²) in [5.41, 5.74) is 1.84. The van der Waals surface area contributed by atoms with E-state index < -0.39 is 30.2 Å². The van der Waals surface area contributed by atoms with Crippen molar-refractivity contribution in [1.29, 1.82) is 0 Å². The molecule has 1 aliphatic rings. The molecular formula is C30H33F3N4O6S. The topological polar surface area (TPSA) is 123 Å². The van der Waals surface area contributed by atoms with Crippen molar-refractivity contribution in [2.75, 3.05) is 27.0 Å². The van der Waals surface area contributed by atoms with E-state index in [4.69, 9.17) is 4.74 Å². The van der Waals surface area contributed by atoms with Crippen LogP contribution < -0.4 is 10.1 Å². The van der Waals surface area contributed by atoms with Gasteiger partial charge < -0.3 is 29.4 Å². The summed E-state index contributed by atoms with van der Waals surface area (Å²) in [7, 11) is 2.38. The molecule has 10 nitrogen and oxygen atoms in total. The third-order valence-electron chi connectivity index (χ3n) is 7.32. The quantitative estimate of drug-likeness (QED) is 0.283. The summed E-state index contributed by atoms with van der Waals surface area (Å²) < 4.78 is 53.0. The van der Waals surface area contributed by atoms with Gasteiger partial charge in [0.25, 0.3) is 0 Å². The molecule has 2 N–H and O–H groups in total. The van der Waals surface area contributed by atoms with Crippen LogP contribution in [0, 0.1) is 5.92 Å². The number of imidazole rings is 1. The molecule has 236 valence electrons. The van der Waals surface area contributed by atoms with Crippen LogP contribution in [0.2, 0.25) is 0 Å². The highest BCUT2D eigenvalue weighted by Gasteiger charge is 2.41. The number of rotatable bonds is 9. The van der Waals surface area contributed by atoms with Gasteiger partial charge in [0, 0.05) is 17.4 Å². The first-order valence-electron chi connectivity index (χ1n) is 13.7. The number of aromatic amines is 1. The number of H-pyrrole nitrogens is 1. The number of alkyl carbamates (subject to hydrolysis) is 1. The summed E-state index contributed by atoms with van der Waals surface area (Å²) >= 11 is 1.65. The van der Waals surface area contributed by atoms with Gasteiger partial charge in [0.05, 0.1) is 37.7 Å². The maximum Gasteiger partial charge on any atom is 0.573 e. The average molecular weight is 635 g/mol. The van der Waals surface area contributed by atoms with Crippen LogP contribution in [0.25, 0.3) is 22.4 Å². The van der Waals surface area contributed by atoms with E-state index in [2.05, 4.69) is 24.8 Å². The molecule has 0 aliphatic carbocycles. The van der Waals surface area contributed by atoms with Crippen LogP contribution in [0.15, 0.2) is 48.7 Å². The van der Waals surface area contributed by atoms with Gasteiger partial charge >= 0.3 is 18.4 Å². The Hall–Kier alpha value is -4.20. The second-order valence-electron chi connectivity index (χ2n) is 10.5. The minimum absolute atomic E-state index is 0.0824. The Morgan fingerprint density at radius 1 is 1.07 bits per heavy atom.